The second-order valence-electron chi connectivity index (χ2n) is 4.60. The van der Waals surface area contributed by atoms with Gasteiger partial charge in [-0.05, 0) is 52.7 Å². The molecule has 0 saturated heterocycles. The second kappa shape index (κ2) is 4.79. The van der Waals surface area contributed by atoms with Gasteiger partial charge in [0.2, 0.25) is 0 Å². The van der Waals surface area contributed by atoms with Crippen LogP contribution in [0.5, 0.6) is 0 Å². The first-order valence-corrected chi connectivity index (χ1v) is 6.79. The van der Waals surface area contributed by atoms with Crippen molar-refractivity contribution in [2.45, 2.75) is 6.92 Å². The first kappa shape index (κ1) is 12.9. The summed E-state index contributed by atoms with van der Waals surface area (Å²) in [6.07, 6.45) is 1.71. The molecule has 0 radical (unpaired) electrons. The van der Waals surface area contributed by atoms with Gasteiger partial charge in [-0.3, -0.25) is 5.10 Å². The van der Waals surface area contributed by atoms with Crippen LogP contribution in [0.1, 0.15) is 5.56 Å². The summed E-state index contributed by atoms with van der Waals surface area (Å²) in [7, 11) is 0. The lowest BCUT2D eigenvalue weighted by Gasteiger charge is -2.12. The van der Waals surface area contributed by atoms with Crippen molar-refractivity contribution in [2.24, 2.45) is 0 Å². The fraction of sp³-hybridized carbons (Fsp3) is 0.0714. The highest BCUT2D eigenvalue weighted by Gasteiger charge is 2.08. The average Bonchev–Trinajstić information content (AvgIpc) is 2.83. The number of nitrogens with zero attached hydrogens (tertiary/aromatic N) is 1. The van der Waals surface area contributed by atoms with Crippen LogP contribution in [0.4, 0.5) is 21.5 Å². The maximum absolute atomic E-state index is 13.6. The minimum atomic E-state index is -0.320. The lowest BCUT2D eigenvalue weighted by molar-refractivity contribution is 0.621. The summed E-state index contributed by atoms with van der Waals surface area (Å²) in [5.74, 6) is -0.320. The average molecular weight is 335 g/mol. The van der Waals surface area contributed by atoms with Crippen LogP contribution >= 0.6 is 15.9 Å². The van der Waals surface area contributed by atoms with Gasteiger partial charge in [-0.2, -0.15) is 5.10 Å². The summed E-state index contributed by atoms with van der Waals surface area (Å²) in [4.78, 5) is 0. The molecule has 1 heterocycles. The number of hydrogen-bond donors (Lipinski definition) is 3. The number of nitrogens with one attached hydrogen (secondary N) is 2. The number of benzene rings is 2. The van der Waals surface area contributed by atoms with Crippen LogP contribution in [0, 0.1) is 12.7 Å². The van der Waals surface area contributed by atoms with Crippen molar-refractivity contribution in [3.63, 3.8) is 0 Å². The van der Waals surface area contributed by atoms with E-state index >= 15 is 0 Å². The third-order valence-corrected chi connectivity index (χ3v) is 3.75. The van der Waals surface area contributed by atoms with Crippen molar-refractivity contribution < 1.29 is 4.39 Å². The fourth-order valence-electron chi connectivity index (χ4n) is 2.04. The van der Waals surface area contributed by atoms with Crippen LogP contribution in [0.3, 0.4) is 0 Å². The van der Waals surface area contributed by atoms with Crippen molar-refractivity contribution in [1.82, 2.24) is 10.2 Å². The number of nitrogens with two attached hydrogens (primary N) is 1. The SMILES string of the molecule is Cc1cc(Br)c(F)cc1Nc1cc2[nH]ncc2cc1N. The maximum Gasteiger partial charge on any atom is 0.139 e. The molecule has 0 spiro atoms. The Morgan fingerprint density at radius 1 is 1.25 bits per heavy atom. The standard InChI is InChI=1S/C14H12BrFN4/c1-7-2-9(15)10(16)4-12(7)19-14-5-13-8(3-11(14)17)6-18-20-13/h2-6,19H,17H2,1H3,(H,18,20). The Kier molecular flexibility index (Phi) is 3.10. The van der Waals surface area contributed by atoms with Crippen molar-refractivity contribution >= 4 is 43.9 Å². The number of H-pyrrole nitrogens is 1. The van der Waals surface area contributed by atoms with Gasteiger partial charge in [-0.1, -0.05) is 0 Å². The number of aromatic nitrogens is 2. The molecule has 3 aromatic rings. The number of nitrogen functional groups attached to an aromatic ring is 1. The molecular formula is C14H12BrFN4. The highest BCUT2D eigenvalue weighted by molar-refractivity contribution is 9.10. The molecule has 6 heteroatoms. The molecule has 102 valence electrons. The number of rotatable bonds is 2. The van der Waals surface area contributed by atoms with Gasteiger partial charge in [0.15, 0.2) is 0 Å². The van der Waals surface area contributed by atoms with Crippen LogP contribution in [0.25, 0.3) is 10.9 Å². The lowest BCUT2D eigenvalue weighted by Crippen LogP contribution is -1.99. The molecule has 0 amide bonds. The third-order valence-electron chi connectivity index (χ3n) is 3.15. The molecule has 0 atom stereocenters. The molecule has 20 heavy (non-hydrogen) atoms. The number of hydrogen-bond acceptors (Lipinski definition) is 3. The Bertz CT molecular complexity index is 797. The van der Waals surface area contributed by atoms with Crippen LogP contribution in [0.2, 0.25) is 0 Å². The number of anilines is 3. The van der Waals surface area contributed by atoms with E-state index in [1.165, 1.54) is 6.07 Å². The Hall–Kier alpha value is -2.08. The van der Waals surface area contributed by atoms with Crippen molar-refractivity contribution in [3.05, 3.63) is 46.3 Å². The normalized spacial score (nSPS) is 10.9. The molecule has 4 N–H and O–H groups in total. The third kappa shape index (κ3) is 2.22. The molecule has 1 aromatic heterocycles. The van der Waals surface area contributed by atoms with Crippen molar-refractivity contribution in [3.8, 4) is 0 Å². The Morgan fingerprint density at radius 2 is 2.05 bits per heavy atom. The molecule has 0 aliphatic rings. The van der Waals surface area contributed by atoms with E-state index < -0.39 is 0 Å². The second-order valence-corrected chi connectivity index (χ2v) is 5.46. The molecule has 0 bridgehead atoms. The summed E-state index contributed by atoms with van der Waals surface area (Å²) in [6.45, 7) is 1.90. The van der Waals surface area contributed by atoms with Crippen molar-refractivity contribution in [1.29, 1.82) is 0 Å². The van der Waals surface area contributed by atoms with Crippen LogP contribution in [0.15, 0.2) is 34.9 Å². The van der Waals surface area contributed by atoms with Gasteiger partial charge in [-0.25, -0.2) is 4.39 Å². The van der Waals surface area contributed by atoms with Gasteiger partial charge in [-0.15, -0.1) is 0 Å². The summed E-state index contributed by atoms with van der Waals surface area (Å²) >= 11 is 3.17. The maximum atomic E-state index is 13.6. The van der Waals surface area contributed by atoms with Gasteiger partial charge in [0.25, 0.3) is 0 Å². The zero-order valence-corrected chi connectivity index (χ0v) is 12.3. The van der Waals surface area contributed by atoms with Crippen molar-refractivity contribution in [2.75, 3.05) is 11.1 Å². The molecule has 0 fully saturated rings. The lowest BCUT2D eigenvalue weighted by atomic mass is 10.1. The van der Waals surface area contributed by atoms with Gasteiger partial charge in [0, 0.05) is 11.1 Å². The molecule has 3 rings (SSSR count). The van der Waals surface area contributed by atoms with E-state index in [1.807, 2.05) is 19.1 Å². The quantitative estimate of drug-likeness (QED) is 0.618. The first-order valence-electron chi connectivity index (χ1n) is 6.00. The van der Waals surface area contributed by atoms with E-state index in [2.05, 4.69) is 31.4 Å². The minimum absolute atomic E-state index is 0.320. The molecule has 4 nitrogen and oxygen atoms in total. The van der Waals surface area contributed by atoms with E-state index in [9.17, 15) is 4.39 Å². The van der Waals surface area contributed by atoms with E-state index in [4.69, 9.17) is 5.73 Å². The van der Waals surface area contributed by atoms with E-state index in [0.29, 0.717) is 21.5 Å². The molecule has 0 unspecified atom stereocenters. The summed E-state index contributed by atoms with van der Waals surface area (Å²) in [6, 6.07) is 6.85. The Balaban J connectivity index is 2.04. The highest BCUT2D eigenvalue weighted by atomic mass is 79.9. The first-order chi connectivity index (χ1) is 9.54. The summed E-state index contributed by atoms with van der Waals surface area (Å²) in [5, 5.41) is 10.9. The predicted octanol–water partition coefficient (Wildman–Crippen LogP) is 4.10. The summed E-state index contributed by atoms with van der Waals surface area (Å²) in [5.41, 5.74) is 9.77. The van der Waals surface area contributed by atoms with Gasteiger partial charge < -0.3 is 11.1 Å². The minimum Gasteiger partial charge on any atom is -0.397 e. The Labute approximate surface area is 123 Å². The van der Waals surface area contributed by atoms with Crippen LogP contribution in [-0.2, 0) is 0 Å². The van der Waals surface area contributed by atoms with Gasteiger partial charge in [0.05, 0.1) is 27.6 Å². The highest BCUT2D eigenvalue weighted by Crippen LogP contribution is 2.31. The van der Waals surface area contributed by atoms with E-state index in [1.54, 1.807) is 12.3 Å². The van der Waals surface area contributed by atoms with Gasteiger partial charge >= 0.3 is 0 Å². The predicted molar refractivity (Wildman–Crippen MR) is 82.6 cm³/mol. The smallest absolute Gasteiger partial charge is 0.139 e. The number of aryl methyl sites for hydroxylation is 1. The Morgan fingerprint density at radius 3 is 2.85 bits per heavy atom. The van der Waals surface area contributed by atoms with E-state index in [-0.39, 0.29) is 5.82 Å². The molecule has 0 aliphatic carbocycles. The molecule has 0 saturated carbocycles. The topological polar surface area (TPSA) is 66.7 Å². The number of halogens is 2. The van der Waals surface area contributed by atoms with Gasteiger partial charge in [0.1, 0.15) is 5.82 Å². The van der Waals surface area contributed by atoms with Crippen LogP contribution in [-0.4, -0.2) is 10.2 Å². The zero-order chi connectivity index (χ0) is 14.3. The monoisotopic (exact) mass is 334 g/mol. The molecular weight excluding hydrogens is 323 g/mol. The van der Waals surface area contributed by atoms with E-state index in [0.717, 1.165) is 16.5 Å². The molecule has 2 aromatic carbocycles. The summed E-state index contributed by atoms with van der Waals surface area (Å²) < 4.78 is 14.1. The fourth-order valence-corrected chi connectivity index (χ4v) is 2.50. The largest absolute Gasteiger partial charge is 0.397 e. The zero-order valence-electron chi connectivity index (χ0n) is 10.7. The molecule has 0 aliphatic heterocycles. The van der Waals surface area contributed by atoms with Crippen LogP contribution < -0.4 is 11.1 Å². The number of aromatic amines is 1. The number of fused-ring (bicyclic) bond motifs is 1.